The highest BCUT2D eigenvalue weighted by molar-refractivity contribution is 6.83. The molecule has 1 spiro atoms. The molecular weight excluding hydrogens is 400 g/mol. The van der Waals surface area contributed by atoms with Crippen LogP contribution >= 0.6 is 0 Å². The molecular formula is C27H40O3Si. The molecule has 1 saturated heterocycles. The fourth-order valence-corrected chi connectivity index (χ4v) is 8.79. The minimum atomic E-state index is -1.37. The van der Waals surface area contributed by atoms with Crippen LogP contribution in [0.1, 0.15) is 72.1 Å². The van der Waals surface area contributed by atoms with Crippen molar-refractivity contribution in [2.45, 2.75) is 110 Å². The summed E-state index contributed by atoms with van der Waals surface area (Å²) in [5, 5.41) is 0. The maximum Gasteiger partial charge on any atom is 0.302 e. The first-order valence-corrected chi connectivity index (χ1v) is 16.1. The van der Waals surface area contributed by atoms with Crippen molar-refractivity contribution in [3.8, 4) is 11.5 Å². The van der Waals surface area contributed by atoms with Gasteiger partial charge in [-0.1, -0.05) is 51.1 Å². The Labute approximate surface area is 189 Å². The van der Waals surface area contributed by atoms with Crippen LogP contribution in [0.3, 0.4) is 0 Å². The van der Waals surface area contributed by atoms with Crippen molar-refractivity contribution >= 4 is 14.0 Å². The second-order valence-electron chi connectivity index (χ2n) is 12.6. The molecule has 0 radical (unpaired) electrons. The van der Waals surface area contributed by atoms with Crippen LogP contribution in [0, 0.1) is 40.0 Å². The number of rotatable bonds is 1. The van der Waals surface area contributed by atoms with E-state index in [2.05, 4.69) is 51.0 Å². The lowest BCUT2D eigenvalue weighted by Crippen LogP contribution is -2.52. The van der Waals surface area contributed by atoms with Gasteiger partial charge in [0, 0.05) is 18.8 Å². The van der Waals surface area contributed by atoms with E-state index in [1.807, 2.05) is 0 Å². The molecule has 1 heterocycles. The number of ether oxygens (including phenoxy) is 2. The van der Waals surface area contributed by atoms with Crippen LogP contribution in [0.2, 0.25) is 19.6 Å². The number of allylic oxidation sites excluding steroid dienone is 1. The third-order valence-corrected chi connectivity index (χ3v) is 10.7. The molecule has 170 valence electrons. The Bertz CT molecular complexity index is 875. The first kappa shape index (κ1) is 21.8. The second kappa shape index (κ2) is 6.97. The normalized spacial score (nSPS) is 47.9. The zero-order chi connectivity index (χ0) is 22.2. The monoisotopic (exact) mass is 440 g/mol. The highest BCUT2D eigenvalue weighted by atomic mass is 28.3. The van der Waals surface area contributed by atoms with E-state index in [0.717, 1.165) is 37.0 Å². The van der Waals surface area contributed by atoms with E-state index in [4.69, 9.17) is 9.47 Å². The van der Waals surface area contributed by atoms with E-state index in [1.54, 1.807) is 5.57 Å². The molecule has 0 aromatic carbocycles. The molecule has 0 bridgehead atoms. The Morgan fingerprint density at radius 3 is 2.58 bits per heavy atom. The average molecular weight is 441 g/mol. The number of hydrogen-bond donors (Lipinski definition) is 0. The smallest absolute Gasteiger partial charge is 0.302 e. The van der Waals surface area contributed by atoms with E-state index in [1.165, 1.54) is 39.0 Å². The summed E-state index contributed by atoms with van der Waals surface area (Å²) in [7, 11) is -1.37. The molecule has 3 saturated carbocycles. The van der Waals surface area contributed by atoms with Gasteiger partial charge in [0.25, 0.3) is 0 Å². The van der Waals surface area contributed by atoms with E-state index < -0.39 is 8.07 Å². The van der Waals surface area contributed by atoms with Gasteiger partial charge in [-0.25, -0.2) is 0 Å². The molecule has 1 aliphatic heterocycles. The quantitative estimate of drug-likeness (QED) is 0.167. The van der Waals surface area contributed by atoms with Crippen molar-refractivity contribution in [2.24, 2.45) is 28.6 Å². The minimum absolute atomic E-state index is 0.0349. The van der Waals surface area contributed by atoms with Crippen LogP contribution < -0.4 is 0 Å². The van der Waals surface area contributed by atoms with Crippen LogP contribution in [0.5, 0.6) is 0 Å². The summed E-state index contributed by atoms with van der Waals surface area (Å²) in [6.07, 6.45) is 12.2. The van der Waals surface area contributed by atoms with Gasteiger partial charge in [-0.3, -0.25) is 4.79 Å². The molecule has 31 heavy (non-hydrogen) atoms. The van der Waals surface area contributed by atoms with E-state index in [9.17, 15) is 4.79 Å². The molecule has 4 fully saturated rings. The summed E-state index contributed by atoms with van der Waals surface area (Å²) in [6, 6.07) is 0. The second-order valence-corrected chi connectivity index (χ2v) is 17.4. The van der Waals surface area contributed by atoms with Crippen LogP contribution in [0.15, 0.2) is 11.6 Å². The maximum absolute atomic E-state index is 11.5. The molecule has 0 amide bonds. The number of fused-ring (bicyclic) bond motifs is 6. The molecule has 5 rings (SSSR count). The Morgan fingerprint density at radius 2 is 1.87 bits per heavy atom. The van der Waals surface area contributed by atoms with Gasteiger partial charge in [0.1, 0.15) is 25.9 Å². The zero-order valence-electron chi connectivity index (χ0n) is 20.3. The van der Waals surface area contributed by atoms with Gasteiger partial charge in [-0.2, -0.15) is 0 Å². The minimum Gasteiger partial charge on any atom is -0.462 e. The van der Waals surface area contributed by atoms with Crippen molar-refractivity contribution in [1.29, 1.82) is 0 Å². The zero-order valence-corrected chi connectivity index (χ0v) is 21.3. The molecule has 5 aliphatic rings. The van der Waals surface area contributed by atoms with Crippen LogP contribution in [-0.4, -0.2) is 31.9 Å². The van der Waals surface area contributed by atoms with E-state index in [0.29, 0.717) is 0 Å². The largest absolute Gasteiger partial charge is 0.462 e. The van der Waals surface area contributed by atoms with E-state index in [-0.39, 0.29) is 34.6 Å². The number of epoxide rings is 1. The van der Waals surface area contributed by atoms with Gasteiger partial charge in [-0.15, -0.1) is 5.54 Å². The highest BCUT2D eigenvalue weighted by Crippen LogP contribution is 2.72. The summed E-state index contributed by atoms with van der Waals surface area (Å²) in [5.74, 6) is 5.73. The Morgan fingerprint density at radius 1 is 1.13 bits per heavy atom. The third kappa shape index (κ3) is 3.29. The molecule has 3 nitrogen and oxygen atoms in total. The summed E-state index contributed by atoms with van der Waals surface area (Å²) in [6.45, 7) is 13.6. The Kier molecular flexibility index (Phi) is 4.90. The maximum atomic E-state index is 11.5. The van der Waals surface area contributed by atoms with Crippen molar-refractivity contribution in [2.75, 3.05) is 0 Å². The number of esters is 1. The number of hydrogen-bond acceptors (Lipinski definition) is 3. The number of carbonyl (C=O) groups excluding carboxylic acids is 1. The molecule has 4 heteroatoms. The predicted molar refractivity (Wildman–Crippen MR) is 126 cm³/mol. The van der Waals surface area contributed by atoms with Gasteiger partial charge in [0.05, 0.1) is 0 Å². The lowest BCUT2D eigenvalue weighted by atomic mass is 9.47. The molecule has 1 unspecified atom stereocenters. The van der Waals surface area contributed by atoms with Crippen molar-refractivity contribution < 1.29 is 14.3 Å². The summed E-state index contributed by atoms with van der Waals surface area (Å²) >= 11 is 0. The van der Waals surface area contributed by atoms with Gasteiger partial charge >= 0.3 is 5.97 Å². The summed E-state index contributed by atoms with van der Waals surface area (Å²) < 4.78 is 12.1. The molecule has 0 aromatic rings. The first-order chi connectivity index (χ1) is 14.5. The molecule has 0 aromatic heterocycles. The first-order valence-electron chi connectivity index (χ1n) is 12.6. The van der Waals surface area contributed by atoms with Crippen molar-refractivity contribution in [1.82, 2.24) is 0 Å². The number of carbonyl (C=O) groups is 1. The topological polar surface area (TPSA) is 38.8 Å². The lowest BCUT2D eigenvalue weighted by Gasteiger charge is -2.57. The Hall–Kier alpha value is -1.05. The third-order valence-electron chi connectivity index (χ3n) is 9.85. The summed E-state index contributed by atoms with van der Waals surface area (Å²) in [4.78, 5) is 11.5. The Balaban J connectivity index is 1.37. The van der Waals surface area contributed by atoms with Gasteiger partial charge in [0.2, 0.25) is 0 Å². The van der Waals surface area contributed by atoms with Gasteiger partial charge in [0.15, 0.2) is 0 Å². The standard InChI is InChI=1S/C27H40O3Si/c1-18(28)29-20-9-13-25(2)19(17-20)7-8-21-22(25)10-14-26(3)23(21)11-15-27(26)24(30-27)12-16-31(4,5)6/h7,20-24H,8-11,13-15,17H2,1-6H3/t20-,21+,22-,23-,24?,25-,26-,27+/m0/s1. The SMILES string of the molecule is CC(=O)O[C@H]1CC[C@@]2(C)C(=CC[C@@H]3[C@@H]2CC[C@@]2(C)[C@H]3CC[C@]23OC3C#C[Si](C)(C)C)C1. The molecule has 4 aliphatic carbocycles. The van der Waals surface area contributed by atoms with Gasteiger partial charge < -0.3 is 9.47 Å². The van der Waals surface area contributed by atoms with Crippen LogP contribution in [0.25, 0.3) is 0 Å². The lowest BCUT2D eigenvalue weighted by molar-refractivity contribution is -0.148. The summed E-state index contributed by atoms with van der Waals surface area (Å²) in [5.41, 5.74) is 5.76. The fourth-order valence-electron chi connectivity index (χ4n) is 8.22. The highest BCUT2D eigenvalue weighted by Gasteiger charge is 2.74. The van der Waals surface area contributed by atoms with E-state index >= 15 is 0 Å². The van der Waals surface area contributed by atoms with Crippen molar-refractivity contribution in [3.05, 3.63) is 11.6 Å². The van der Waals surface area contributed by atoms with Crippen molar-refractivity contribution in [3.63, 3.8) is 0 Å². The molecule has 0 N–H and O–H groups in total. The molecule has 8 atom stereocenters. The fraction of sp³-hybridized carbons (Fsp3) is 0.815. The predicted octanol–water partition coefficient (Wildman–Crippen LogP) is 5.90. The van der Waals surface area contributed by atoms with Crippen LogP contribution in [0.4, 0.5) is 0 Å². The van der Waals surface area contributed by atoms with Gasteiger partial charge in [-0.05, 0) is 68.1 Å². The average Bonchev–Trinajstić information content (AvgIpc) is 3.31. The van der Waals surface area contributed by atoms with Crippen LogP contribution in [-0.2, 0) is 14.3 Å².